The fraction of sp³-hybridized carbons (Fsp3) is 0.345. The largest absolute Gasteiger partial charge is 0.493 e. The minimum absolute atomic E-state index is 0.0470. The first-order valence-corrected chi connectivity index (χ1v) is 14.9. The minimum Gasteiger partial charge on any atom is -0.493 e. The molecule has 6 nitrogen and oxygen atoms in total. The van der Waals surface area contributed by atoms with Gasteiger partial charge in [-0.3, -0.25) is 4.79 Å². The van der Waals surface area contributed by atoms with Crippen LogP contribution in [0.25, 0.3) is 0 Å². The molecule has 1 amide bonds. The third-order valence-electron chi connectivity index (χ3n) is 6.86. The van der Waals surface area contributed by atoms with Gasteiger partial charge in [-0.2, -0.15) is 0 Å². The molecule has 1 aliphatic rings. The molecule has 0 radical (unpaired) electrons. The standard InChI is InChI=1S/C29H32Cl2N2O4S/c1-32(19-23-9-4-2-5-10-23)28(34)18-29(22-37-25-11-6-3-7-12-25)15-8-16-33(21-29)38(35,36)20-24-13-14-26(30)27(31)17-24/h2-7,9-14,17H,8,15-16,18-22H2,1H3/t29-/m1/s1. The Morgan fingerprint density at radius 1 is 0.974 bits per heavy atom. The molecule has 0 aromatic heterocycles. The van der Waals surface area contributed by atoms with Gasteiger partial charge in [0.15, 0.2) is 0 Å². The van der Waals surface area contributed by atoms with Crippen LogP contribution in [0.2, 0.25) is 10.0 Å². The van der Waals surface area contributed by atoms with Crippen molar-refractivity contribution in [2.24, 2.45) is 5.41 Å². The summed E-state index contributed by atoms with van der Waals surface area (Å²) in [5.41, 5.74) is 0.933. The zero-order valence-corrected chi connectivity index (χ0v) is 23.7. The van der Waals surface area contributed by atoms with Gasteiger partial charge in [-0.15, -0.1) is 0 Å². The van der Waals surface area contributed by atoms with E-state index in [-0.39, 0.29) is 31.2 Å². The van der Waals surface area contributed by atoms with Gasteiger partial charge in [0.1, 0.15) is 5.75 Å². The Bertz CT molecular complexity index is 1340. The van der Waals surface area contributed by atoms with Crippen LogP contribution in [0, 0.1) is 5.41 Å². The van der Waals surface area contributed by atoms with Crippen LogP contribution in [-0.4, -0.2) is 50.3 Å². The number of ether oxygens (including phenoxy) is 1. The molecule has 0 saturated carbocycles. The van der Waals surface area contributed by atoms with Gasteiger partial charge in [0.25, 0.3) is 0 Å². The summed E-state index contributed by atoms with van der Waals surface area (Å²) in [5, 5.41) is 0.691. The summed E-state index contributed by atoms with van der Waals surface area (Å²) >= 11 is 12.1. The van der Waals surface area contributed by atoms with Crippen molar-refractivity contribution < 1.29 is 17.9 Å². The molecular formula is C29H32Cl2N2O4S. The van der Waals surface area contributed by atoms with E-state index < -0.39 is 15.4 Å². The molecule has 1 atom stereocenters. The third kappa shape index (κ3) is 7.50. The number of hydrogen-bond donors (Lipinski definition) is 0. The number of rotatable bonds is 10. The van der Waals surface area contributed by atoms with Gasteiger partial charge in [-0.1, -0.05) is 77.8 Å². The van der Waals surface area contributed by atoms with E-state index >= 15 is 0 Å². The third-order valence-corrected chi connectivity index (χ3v) is 9.39. The van der Waals surface area contributed by atoms with Crippen molar-refractivity contribution in [1.29, 1.82) is 0 Å². The topological polar surface area (TPSA) is 66.9 Å². The molecule has 0 aliphatic carbocycles. The van der Waals surface area contributed by atoms with E-state index in [0.717, 1.165) is 5.56 Å². The van der Waals surface area contributed by atoms with E-state index in [0.29, 0.717) is 47.3 Å². The molecule has 1 fully saturated rings. The first kappa shape index (κ1) is 28.4. The highest BCUT2D eigenvalue weighted by atomic mass is 35.5. The molecular weight excluding hydrogens is 543 g/mol. The van der Waals surface area contributed by atoms with Crippen molar-refractivity contribution in [2.75, 3.05) is 26.7 Å². The molecule has 38 heavy (non-hydrogen) atoms. The number of nitrogens with zero attached hydrogens (tertiary/aromatic N) is 2. The lowest BCUT2D eigenvalue weighted by molar-refractivity contribution is -0.134. The molecule has 1 aliphatic heterocycles. The van der Waals surface area contributed by atoms with E-state index in [4.69, 9.17) is 27.9 Å². The maximum atomic E-state index is 13.5. The van der Waals surface area contributed by atoms with E-state index in [2.05, 4.69) is 0 Å². The van der Waals surface area contributed by atoms with Crippen LogP contribution in [0.3, 0.4) is 0 Å². The Morgan fingerprint density at radius 3 is 2.34 bits per heavy atom. The van der Waals surface area contributed by atoms with Crippen LogP contribution < -0.4 is 4.74 Å². The SMILES string of the molecule is CN(Cc1ccccc1)C(=O)C[C@]1(COc2ccccc2)CCCN(S(=O)(=O)Cc2ccc(Cl)c(Cl)c2)C1. The monoisotopic (exact) mass is 574 g/mol. The lowest BCUT2D eigenvalue weighted by Crippen LogP contribution is -2.50. The molecule has 202 valence electrons. The minimum atomic E-state index is -3.67. The summed E-state index contributed by atoms with van der Waals surface area (Å²) in [6, 6.07) is 24.0. The number of sulfonamides is 1. The van der Waals surface area contributed by atoms with E-state index in [9.17, 15) is 13.2 Å². The summed E-state index contributed by atoms with van der Waals surface area (Å²) in [6.07, 6.45) is 1.50. The Morgan fingerprint density at radius 2 is 1.66 bits per heavy atom. The van der Waals surface area contributed by atoms with Crippen molar-refractivity contribution in [3.63, 3.8) is 0 Å². The Hall–Kier alpha value is -2.58. The van der Waals surface area contributed by atoms with Crippen LogP contribution in [0.5, 0.6) is 5.75 Å². The summed E-state index contributed by atoms with van der Waals surface area (Å²) < 4.78 is 34.6. The summed E-state index contributed by atoms with van der Waals surface area (Å²) in [4.78, 5) is 15.1. The summed E-state index contributed by atoms with van der Waals surface area (Å²) in [7, 11) is -1.89. The van der Waals surface area contributed by atoms with Gasteiger partial charge in [-0.25, -0.2) is 12.7 Å². The lowest BCUT2D eigenvalue weighted by Gasteiger charge is -2.42. The second-order valence-electron chi connectivity index (χ2n) is 9.96. The number of hydrogen-bond acceptors (Lipinski definition) is 4. The van der Waals surface area contributed by atoms with Crippen LogP contribution in [0.4, 0.5) is 0 Å². The Labute approximate surface area is 235 Å². The van der Waals surface area contributed by atoms with Gasteiger partial charge in [0.2, 0.25) is 15.9 Å². The number of halogens is 2. The van der Waals surface area contributed by atoms with E-state index in [1.807, 2.05) is 60.7 Å². The van der Waals surface area contributed by atoms with Crippen molar-refractivity contribution in [3.05, 3.63) is 100 Å². The number of para-hydroxylation sites is 1. The predicted molar refractivity (Wildman–Crippen MR) is 152 cm³/mol. The molecule has 1 saturated heterocycles. The Kier molecular flexibility index (Phi) is 9.36. The van der Waals surface area contributed by atoms with Crippen molar-refractivity contribution >= 4 is 39.1 Å². The normalized spacial score (nSPS) is 18.2. The van der Waals surface area contributed by atoms with Gasteiger partial charge < -0.3 is 9.64 Å². The number of amides is 1. The van der Waals surface area contributed by atoms with E-state index in [1.54, 1.807) is 30.1 Å². The van der Waals surface area contributed by atoms with Gasteiger partial charge in [0, 0.05) is 38.5 Å². The first-order chi connectivity index (χ1) is 18.2. The number of piperidine rings is 1. The lowest BCUT2D eigenvalue weighted by atomic mass is 9.78. The molecule has 9 heteroatoms. The maximum Gasteiger partial charge on any atom is 0.223 e. The second kappa shape index (κ2) is 12.5. The van der Waals surface area contributed by atoms with Crippen LogP contribution in [-0.2, 0) is 27.1 Å². The van der Waals surface area contributed by atoms with Gasteiger partial charge in [0.05, 0.1) is 22.4 Å². The maximum absolute atomic E-state index is 13.5. The number of carbonyl (C=O) groups is 1. The van der Waals surface area contributed by atoms with Crippen LogP contribution in [0.1, 0.15) is 30.4 Å². The molecule has 3 aromatic carbocycles. The number of carbonyl (C=O) groups excluding carboxylic acids is 1. The van der Waals surface area contributed by atoms with Crippen molar-refractivity contribution in [3.8, 4) is 5.75 Å². The zero-order valence-electron chi connectivity index (χ0n) is 21.4. The molecule has 4 rings (SSSR count). The fourth-order valence-corrected chi connectivity index (χ4v) is 6.78. The van der Waals surface area contributed by atoms with Crippen LogP contribution in [0.15, 0.2) is 78.9 Å². The quantitative estimate of drug-likeness (QED) is 0.296. The van der Waals surface area contributed by atoms with Gasteiger partial charge >= 0.3 is 0 Å². The van der Waals surface area contributed by atoms with Crippen molar-refractivity contribution in [2.45, 2.75) is 31.6 Å². The zero-order chi connectivity index (χ0) is 27.2. The van der Waals surface area contributed by atoms with Gasteiger partial charge in [-0.05, 0) is 48.2 Å². The first-order valence-electron chi connectivity index (χ1n) is 12.5. The smallest absolute Gasteiger partial charge is 0.223 e. The van der Waals surface area contributed by atoms with E-state index in [1.165, 1.54) is 4.31 Å². The molecule has 1 heterocycles. The highest BCUT2D eigenvalue weighted by molar-refractivity contribution is 7.88. The van der Waals surface area contributed by atoms with Crippen molar-refractivity contribution in [1.82, 2.24) is 9.21 Å². The summed E-state index contributed by atoms with van der Waals surface area (Å²) in [6.45, 7) is 1.31. The average molecular weight is 576 g/mol. The Balaban J connectivity index is 1.53. The number of benzene rings is 3. The fourth-order valence-electron chi connectivity index (χ4n) is 4.80. The highest BCUT2D eigenvalue weighted by Crippen LogP contribution is 2.37. The van der Waals surface area contributed by atoms with Crippen LogP contribution >= 0.6 is 23.2 Å². The molecule has 0 unspecified atom stereocenters. The highest BCUT2D eigenvalue weighted by Gasteiger charge is 2.42. The summed E-state index contributed by atoms with van der Waals surface area (Å²) in [5.74, 6) is 0.448. The predicted octanol–water partition coefficient (Wildman–Crippen LogP) is 6.03. The molecule has 0 bridgehead atoms. The average Bonchev–Trinajstić information content (AvgIpc) is 2.91. The molecule has 3 aromatic rings. The second-order valence-corrected chi connectivity index (χ2v) is 12.7. The molecule has 0 spiro atoms. The molecule has 0 N–H and O–H groups in total.